The fourth-order valence-electron chi connectivity index (χ4n) is 2.39. The van der Waals surface area contributed by atoms with Crippen LogP contribution < -0.4 is 10.0 Å². The minimum atomic E-state index is -3.32. The number of sulfonamides is 1. The lowest BCUT2D eigenvalue weighted by molar-refractivity contribution is -0.116. The molecule has 2 N–H and O–H groups in total. The van der Waals surface area contributed by atoms with Crippen LogP contribution in [0, 0.1) is 6.92 Å². The molecule has 1 aromatic carbocycles. The Bertz CT molecular complexity index is 849. The van der Waals surface area contributed by atoms with Crippen LogP contribution in [-0.2, 0) is 14.8 Å². The third kappa shape index (κ3) is 5.26. The van der Waals surface area contributed by atoms with Gasteiger partial charge in [0, 0.05) is 23.4 Å². The van der Waals surface area contributed by atoms with Crippen molar-refractivity contribution in [3.8, 4) is 0 Å². The Morgan fingerprint density at radius 3 is 2.60 bits per heavy atom. The monoisotopic (exact) mass is 382 g/mol. The number of hydrogen-bond acceptors (Lipinski definition) is 4. The minimum absolute atomic E-state index is 0.0485. The quantitative estimate of drug-likeness (QED) is 0.710. The number of nitrogens with one attached hydrogen (secondary N) is 2. The lowest BCUT2D eigenvalue weighted by atomic mass is 10.1. The second kappa shape index (κ2) is 7.85. The number of aryl methyl sites for hydroxylation is 1. The molecule has 25 heavy (non-hydrogen) atoms. The van der Waals surface area contributed by atoms with Crippen molar-refractivity contribution in [2.45, 2.75) is 51.7 Å². The van der Waals surface area contributed by atoms with E-state index >= 15 is 0 Å². The summed E-state index contributed by atoms with van der Waals surface area (Å²) in [5.41, 5.74) is 1.96. The summed E-state index contributed by atoms with van der Waals surface area (Å²) < 4.78 is 26.8. The summed E-state index contributed by atoms with van der Waals surface area (Å²) in [5.74, 6) is -0.0485. The van der Waals surface area contributed by atoms with Crippen LogP contribution in [0.2, 0.25) is 0 Å². The van der Waals surface area contributed by atoms with Crippen LogP contribution in [0.4, 0.5) is 5.69 Å². The van der Waals surface area contributed by atoms with Crippen LogP contribution in [0.5, 0.6) is 0 Å². The van der Waals surface area contributed by atoms with Crippen molar-refractivity contribution < 1.29 is 13.2 Å². The number of thiophene rings is 1. The zero-order valence-electron chi connectivity index (χ0n) is 15.2. The van der Waals surface area contributed by atoms with Crippen molar-refractivity contribution >= 4 is 43.0 Å². The maximum Gasteiger partial charge on any atom is 0.224 e. The smallest absolute Gasteiger partial charge is 0.224 e. The summed E-state index contributed by atoms with van der Waals surface area (Å²) in [6.07, 6.45) is 1.64. The number of fused-ring (bicyclic) bond motifs is 1. The van der Waals surface area contributed by atoms with Crippen LogP contribution in [0.1, 0.15) is 45.6 Å². The first-order chi connectivity index (χ1) is 11.6. The molecule has 5 nitrogen and oxygen atoms in total. The Morgan fingerprint density at radius 1 is 1.20 bits per heavy atom. The second-order valence-corrected chi connectivity index (χ2v) is 10.6. The van der Waals surface area contributed by atoms with E-state index in [1.807, 2.05) is 30.5 Å². The highest BCUT2D eigenvalue weighted by Gasteiger charge is 2.27. The van der Waals surface area contributed by atoms with Gasteiger partial charge in [0.25, 0.3) is 0 Å². The molecule has 1 heterocycles. The standard InChI is InChI=1S/C18H26N2O3S2/c1-13-11-15(12-14-8-10-24-17(13)14)20-16(21)7-5-6-9-19-25(22,23)18(2,3)4/h8,10-12,19H,5-7,9H2,1-4H3,(H,20,21). The van der Waals surface area contributed by atoms with Crippen molar-refractivity contribution in [2.24, 2.45) is 0 Å². The predicted octanol–water partition coefficient (Wildman–Crippen LogP) is 4.04. The van der Waals surface area contributed by atoms with Gasteiger partial charge in [-0.15, -0.1) is 11.3 Å². The molecule has 0 unspecified atom stereocenters. The molecule has 0 atom stereocenters. The van der Waals surface area contributed by atoms with Gasteiger partial charge in [-0.05, 0) is 75.1 Å². The van der Waals surface area contributed by atoms with Crippen LogP contribution in [0.3, 0.4) is 0 Å². The van der Waals surface area contributed by atoms with Crippen molar-refractivity contribution in [3.63, 3.8) is 0 Å². The van der Waals surface area contributed by atoms with E-state index in [2.05, 4.69) is 10.0 Å². The maximum absolute atomic E-state index is 12.1. The number of carbonyl (C=O) groups excluding carboxylic acids is 1. The summed E-state index contributed by atoms with van der Waals surface area (Å²) in [6.45, 7) is 7.38. The van der Waals surface area contributed by atoms with E-state index in [4.69, 9.17) is 0 Å². The summed E-state index contributed by atoms with van der Waals surface area (Å²) in [5, 5.41) is 6.10. The number of rotatable bonds is 7. The molecule has 0 aliphatic carbocycles. The fraction of sp³-hybridized carbons (Fsp3) is 0.500. The third-order valence-corrected chi connectivity index (χ3v) is 7.21. The topological polar surface area (TPSA) is 75.3 Å². The molecule has 7 heteroatoms. The molecule has 0 aliphatic heterocycles. The summed E-state index contributed by atoms with van der Waals surface area (Å²) in [7, 11) is -3.32. The van der Waals surface area contributed by atoms with Gasteiger partial charge >= 0.3 is 0 Å². The van der Waals surface area contributed by atoms with Gasteiger partial charge in [0.05, 0.1) is 4.75 Å². The lowest BCUT2D eigenvalue weighted by Crippen LogP contribution is -2.39. The molecule has 2 aromatic rings. The van der Waals surface area contributed by atoms with Crippen molar-refractivity contribution in [1.82, 2.24) is 4.72 Å². The van der Waals surface area contributed by atoms with Gasteiger partial charge in [-0.25, -0.2) is 13.1 Å². The SMILES string of the molecule is Cc1cc(NC(=O)CCCCNS(=O)(=O)C(C)(C)C)cc2ccsc12. The number of hydrogen-bond donors (Lipinski definition) is 2. The van der Waals surface area contributed by atoms with Gasteiger partial charge in [0.1, 0.15) is 0 Å². The largest absolute Gasteiger partial charge is 0.326 e. The van der Waals surface area contributed by atoms with E-state index in [0.717, 1.165) is 16.6 Å². The number of unbranched alkanes of at least 4 members (excludes halogenated alkanes) is 1. The molecule has 2 rings (SSSR count). The number of benzene rings is 1. The Labute approximate surface area is 153 Å². The second-order valence-electron chi connectivity index (χ2n) is 7.15. The molecule has 1 amide bonds. The molecule has 1 aromatic heterocycles. The van der Waals surface area contributed by atoms with Crippen LogP contribution in [0.15, 0.2) is 23.6 Å². The first-order valence-corrected chi connectivity index (χ1v) is 10.7. The maximum atomic E-state index is 12.1. The average Bonchev–Trinajstić information content (AvgIpc) is 2.94. The molecule has 138 valence electrons. The highest BCUT2D eigenvalue weighted by Crippen LogP contribution is 2.28. The summed E-state index contributed by atoms with van der Waals surface area (Å²) in [6, 6.07) is 6.01. The van der Waals surface area contributed by atoms with E-state index in [0.29, 0.717) is 25.8 Å². The first-order valence-electron chi connectivity index (χ1n) is 8.37. The zero-order chi connectivity index (χ0) is 18.7. The van der Waals surface area contributed by atoms with Gasteiger partial charge in [0.15, 0.2) is 0 Å². The van der Waals surface area contributed by atoms with Gasteiger partial charge < -0.3 is 5.32 Å². The van der Waals surface area contributed by atoms with E-state index in [1.165, 1.54) is 4.70 Å². The van der Waals surface area contributed by atoms with Crippen molar-refractivity contribution in [1.29, 1.82) is 0 Å². The van der Waals surface area contributed by atoms with Crippen LogP contribution in [-0.4, -0.2) is 25.6 Å². The van der Waals surface area contributed by atoms with E-state index in [9.17, 15) is 13.2 Å². The summed E-state index contributed by atoms with van der Waals surface area (Å²) in [4.78, 5) is 12.1. The van der Waals surface area contributed by atoms with E-state index < -0.39 is 14.8 Å². The van der Waals surface area contributed by atoms with Crippen LogP contribution >= 0.6 is 11.3 Å². The molecule has 0 spiro atoms. The predicted molar refractivity (Wildman–Crippen MR) is 106 cm³/mol. The average molecular weight is 383 g/mol. The van der Waals surface area contributed by atoms with Crippen molar-refractivity contribution in [2.75, 3.05) is 11.9 Å². The normalized spacial score (nSPS) is 12.5. The van der Waals surface area contributed by atoms with Gasteiger partial charge in [-0.1, -0.05) is 0 Å². The highest BCUT2D eigenvalue weighted by atomic mass is 32.2. The van der Waals surface area contributed by atoms with Gasteiger partial charge in [-0.3, -0.25) is 4.79 Å². The Hall–Kier alpha value is -1.44. The highest BCUT2D eigenvalue weighted by molar-refractivity contribution is 7.90. The molecule has 0 radical (unpaired) electrons. The first kappa shape index (κ1) is 19.9. The molecular formula is C18H26N2O3S2. The lowest BCUT2D eigenvalue weighted by Gasteiger charge is -2.19. The van der Waals surface area contributed by atoms with Gasteiger partial charge in [-0.2, -0.15) is 0 Å². The van der Waals surface area contributed by atoms with E-state index in [-0.39, 0.29) is 5.91 Å². The van der Waals surface area contributed by atoms with E-state index in [1.54, 1.807) is 32.1 Å². The Kier molecular flexibility index (Phi) is 6.24. The van der Waals surface area contributed by atoms with Crippen LogP contribution in [0.25, 0.3) is 10.1 Å². The Morgan fingerprint density at radius 2 is 1.92 bits per heavy atom. The summed E-state index contributed by atoms with van der Waals surface area (Å²) >= 11 is 1.70. The van der Waals surface area contributed by atoms with Gasteiger partial charge in [0.2, 0.25) is 15.9 Å². The zero-order valence-corrected chi connectivity index (χ0v) is 16.8. The number of carbonyl (C=O) groups is 1. The van der Waals surface area contributed by atoms with Crippen molar-refractivity contribution in [3.05, 3.63) is 29.1 Å². The molecule has 0 saturated heterocycles. The molecule has 0 fully saturated rings. The minimum Gasteiger partial charge on any atom is -0.326 e. The number of amides is 1. The molecular weight excluding hydrogens is 356 g/mol. The molecule has 0 aliphatic rings. The third-order valence-electron chi connectivity index (χ3n) is 3.95. The Balaban J connectivity index is 1.77. The fourth-order valence-corrected chi connectivity index (χ4v) is 4.10. The molecule has 0 saturated carbocycles. The number of anilines is 1. The molecule has 0 bridgehead atoms.